The van der Waals surface area contributed by atoms with Crippen molar-refractivity contribution in [2.75, 3.05) is 14.2 Å². The van der Waals surface area contributed by atoms with Crippen molar-refractivity contribution in [3.8, 4) is 22.8 Å². The number of nitro groups is 1. The van der Waals surface area contributed by atoms with E-state index in [4.69, 9.17) is 18.9 Å². The number of thiazole rings is 1. The molecule has 3 aromatic carbocycles. The summed E-state index contributed by atoms with van der Waals surface area (Å²) in [5.41, 5.74) is 6.48. The lowest BCUT2D eigenvalue weighted by atomic mass is 9.83. The van der Waals surface area contributed by atoms with Crippen molar-refractivity contribution in [1.82, 2.24) is 4.57 Å². The molecule has 0 amide bonds. The molecule has 44 heavy (non-hydrogen) atoms. The van der Waals surface area contributed by atoms with Crippen molar-refractivity contribution < 1.29 is 18.8 Å². The molecule has 2 aliphatic rings. The van der Waals surface area contributed by atoms with Gasteiger partial charge in [-0.1, -0.05) is 47.7 Å². The Kier molecular flexibility index (Phi) is 6.78. The summed E-state index contributed by atoms with van der Waals surface area (Å²) in [6, 6.07) is 21.9. The van der Waals surface area contributed by atoms with E-state index in [1.54, 1.807) is 43.1 Å². The summed E-state index contributed by atoms with van der Waals surface area (Å²) in [4.78, 5) is 30.7. The number of rotatable bonds is 6. The molecular formula is C34H27N3O6S. The molecule has 0 unspecified atom stereocenters. The minimum absolute atomic E-state index is 0.0161. The second-order valence-electron chi connectivity index (χ2n) is 10.7. The number of hydrogen-bond acceptors (Lipinski definition) is 8. The molecule has 0 saturated heterocycles. The minimum Gasteiger partial charge on any atom is -0.493 e. The van der Waals surface area contributed by atoms with E-state index in [-0.39, 0.29) is 17.3 Å². The molecule has 1 atom stereocenters. The summed E-state index contributed by atoms with van der Waals surface area (Å²) in [6.07, 6.45) is 3.33. The summed E-state index contributed by atoms with van der Waals surface area (Å²) >= 11 is 1.31. The van der Waals surface area contributed by atoms with Crippen LogP contribution in [0, 0.1) is 17.0 Å². The molecule has 0 spiro atoms. The monoisotopic (exact) mass is 605 g/mol. The number of benzene rings is 3. The number of ether oxygens (including phenoxy) is 2. The van der Waals surface area contributed by atoms with Gasteiger partial charge < -0.3 is 13.9 Å². The number of nitro benzene ring substituents is 1. The third-order valence-corrected chi connectivity index (χ3v) is 9.18. The molecule has 9 nitrogen and oxygen atoms in total. The molecule has 220 valence electrons. The first kappa shape index (κ1) is 27.6. The summed E-state index contributed by atoms with van der Waals surface area (Å²) in [7, 11) is 3.20. The van der Waals surface area contributed by atoms with Crippen LogP contribution < -0.4 is 24.4 Å². The van der Waals surface area contributed by atoms with Crippen molar-refractivity contribution in [3.05, 3.63) is 136 Å². The molecule has 1 aliphatic carbocycles. The van der Waals surface area contributed by atoms with Crippen molar-refractivity contribution in [1.29, 1.82) is 0 Å². The molecule has 0 N–H and O–H groups in total. The predicted molar refractivity (Wildman–Crippen MR) is 168 cm³/mol. The third-order valence-electron chi connectivity index (χ3n) is 8.19. The molecular weight excluding hydrogens is 578 g/mol. The number of aryl methyl sites for hydroxylation is 2. The first-order chi connectivity index (χ1) is 21.4. The zero-order valence-electron chi connectivity index (χ0n) is 24.2. The van der Waals surface area contributed by atoms with Crippen molar-refractivity contribution in [2.45, 2.75) is 25.8 Å². The molecule has 0 bridgehead atoms. The fourth-order valence-electron chi connectivity index (χ4n) is 6.04. The van der Waals surface area contributed by atoms with Gasteiger partial charge in [0.1, 0.15) is 11.5 Å². The van der Waals surface area contributed by atoms with Gasteiger partial charge in [-0.3, -0.25) is 19.5 Å². The number of aromatic nitrogens is 1. The van der Waals surface area contributed by atoms with Gasteiger partial charge in [-0.25, -0.2) is 4.99 Å². The van der Waals surface area contributed by atoms with E-state index in [0.717, 1.165) is 40.8 Å². The lowest BCUT2D eigenvalue weighted by molar-refractivity contribution is -0.384. The number of allylic oxidation sites excluding steroid dienone is 1. The van der Waals surface area contributed by atoms with Gasteiger partial charge in [-0.05, 0) is 66.3 Å². The highest BCUT2D eigenvalue weighted by Crippen LogP contribution is 2.43. The van der Waals surface area contributed by atoms with Gasteiger partial charge in [0.15, 0.2) is 16.3 Å². The van der Waals surface area contributed by atoms with Crippen molar-refractivity contribution in [2.24, 2.45) is 4.99 Å². The van der Waals surface area contributed by atoms with Crippen LogP contribution in [0.25, 0.3) is 23.1 Å². The average Bonchev–Trinajstić information content (AvgIpc) is 3.63. The van der Waals surface area contributed by atoms with Crippen LogP contribution in [-0.2, 0) is 6.42 Å². The van der Waals surface area contributed by atoms with E-state index < -0.39 is 4.92 Å². The maximum absolute atomic E-state index is 14.1. The Hall–Kier alpha value is -5.22. The van der Waals surface area contributed by atoms with Gasteiger partial charge in [-0.15, -0.1) is 0 Å². The Bertz CT molecular complexity index is 2190. The molecule has 2 aromatic heterocycles. The van der Waals surface area contributed by atoms with Gasteiger partial charge in [0.05, 0.1) is 35.4 Å². The molecule has 0 fully saturated rings. The molecule has 0 saturated carbocycles. The lowest BCUT2D eigenvalue weighted by Crippen LogP contribution is -2.38. The average molecular weight is 606 g/mol. The smallest absolute Gasteiger partial charge is 0.271 e. The molecule has 10 heteroatoms. The Balaban J connectivity index is 1.39. The van der Waals surface area contributed by atoms with E-state index in [0.29, 0.717) is 37.9 Å². The lowest BCUT2D eigenvalue weighted by Gasteiger charge is -2.31. The standard InChI is InChI=1S/C34H27N3O6S/c1-19-8-11-22(37(39)40)17-26(19)27-15-12-23(43-27)18-30-33(38)36-32(21-10-14-28(41-2)29(16-21)42-3)25-13-9-20-6-4-5-7-24(20)31(25)35-34(36)44-30/h4-8,10-12,14-18,32H,9,13H2,1-3H3/b30-18-/t32-/m0/s1. The molecule has 7 rings (SSSR count). The summed E-state index contributed by atoms with van der Waals surface area (Å²) in [6.45, 7) is 1.87. The quantitative estimate of drug-likeness (QED) is 0.178. The van der Waals surface area contributed by atoms with Crippen LogP contribution in [-0.4, -0.2) is 23.7 Å². The Labute approximate surface area is 255 Å². The molecule has 0 radical (unpaired) electrons. The second-order valence-corrected chi connectivity index (χ2v) is 11.7. The first-order valence-corrected chi connectivity index (χ1v) is 14.9. The zero-order chi connectivity index (χ0) is 30.5. The highest BCUT2D eigenvalue weighted by molar-refractivity contribution is 7.07. The van der Waals surface area contributed by atoms with Crippen LogP contribution in [0.3, 0.4) is 0 Å². The van der Waals surface area contributed by atoms with Gasteiger partial charge in [0.25, 0.3) is 11.2 Å². The highest BCUT2D eigenvalue weighted by Gasteiger charge is 2.33. The second kappa shape index (κ2) is 10.8. The van der Waals surface area contributed by atoms with Crippen LogP contribution in [0.15, 0.2) is 92.6 Å². The largest absolute Gasteiger partial charge is 0.493 e. The Morgan fingerprint density at radius 1 is 1.00 bits per heavy atom. The van der Waals surface area contributed by atoms with E-state index in [9.17, 15) is 14.9 Å². The maximum atomic E-state index is 14.1. The number of methoxy groups -OCH3 is 2. The Morgan fingerprint density at radius 2 is 1.82 bits per heavy atom. The minimum atomic E-state index is -0.430. The normalized spacial score (nSPS) is 15.7. The summed E-state index contributed by atoms with van der Waals surface area (Å²) < 4.78 is 19.4. The first-order valence-electron chi connectivity index (χ1n) is 14.1. The van der Waals surface area contributed by atoms with Gasteiger partial charge in [0, 0.05) is 29.3 Å². The third kappa shape index (κ3) is 4.55. The molecule has 5 aromatic rings. The van der Waals surface area contributed by atoms with Crippen LogP contribution in [0.2, 0.25) is 0 Å². The van der Waals surface area contributed by atoms with Crippen molar-refractivity contribution in [3.63, 3.8) is 0 Å². The zero-order valence-corrected chi connectivity index (χ0v) is 25.0. The number of nitrogens with zero attached hydrogens (tertiary/aromatic N) is 3. The van der Waals surface area contributed by atoms with Crippen LogP contribution >= 0.6 is 11.3 Å². The fourth-order valence-corrected chi connectivity index (χ4v) is 7.02. The Morgan fingerprint density at radius 3 is 2.61 bits per heavy atom. The van der Waals surface area contributed by atoms with Gasteiger partial charge >= 0.3 is 0 Å². The molecule has 3 heterocycles. The summed E-state index contributed by atoms with van der Waals surface area (Å²) in [5.74, 6) is 2.15. The van der Waals surface area contributed by atoms with Gasteiger partial charge in [0.2, 0.25) is 0 Å². The summed E-state index contributed by atoms with van der Waals surface area (Å²) in [5, 5.41) is 11.3. The molecule has 1 aliphatic heterocycles. The van der Waals surface area contributed by atoms with E-state index in [1.807, 2.05) is 37.3 Å². The van der Waals surface area contributed by atoms with Crippen molar-refractivity contribution >= 4 is 28.8 Å². The highest BCUT2D eigenvalue weighted by atomic mass is 32.1. The van der Waals surface area contributed by atoms with Crippen LogP contribution in [0.5, 0.6) is 11.5 Å². The maximum Gasteiger partial charge on any atom is 0.271 e. The number of hydrogen-bond donors (Lipinski definition) is 0. The number of fused-ring (bicyclic) bond motifs is 3. The predicted octanol–water partition coefficient (Wildman–Crippen LogP) is 5.81. The topological polar surface area (TPSA) is 109 Å². The van der Waals surface area contributed by atoms with E-state index >= 15 is 0 Å². The number of furan rings is 1. The van der Waals surface area contributed by atoms with E-state index in [2.05, 4.69) is 12.1 Å². The van der Waals surface area contributed by atoms with Crippen LogP contribution in [0.4, 0.5) is 5.69 Å². The van der Waals surface area contributed by atoms with E-state index in [1.165, 1.54) is 29.0 Å². The number of non-ortho nitro benzene ring substituents is 1. The fraction of sp³-hybridized carbons (Fsp3) is 0.176. The van der Waals surface area contributed by atoms with Gasteiger partial charge in [-0.2, -0.15) is 0 Å². The van der Waals surface area contributed by atoms with Crippen LogP contribution in [0.1, 0.15) is 40.5 Å². The SMILES string of the molecule is COc1ccc([C@H]2C3=C(N=c4s/c(=C\c5ccc(-c6cc([N+](=O)[O-])ccc6C)o5)c(=O)n42)c2ccccc2CC3)cc1OC.